The molecular formula is C49H65IO2S4. The van der Waals surface area contributed by atoms with Crippen LogP contribution in [0.1, 0.15) is 170 Å². The summed E-state index contributed by atoms with van der Waals surface area (Å²) in [6, 6.07) is 18.2. The summed E-state index contributed by atoms with van der Waals surface area (Å²) < 4.78 is 6.75. The van der Waals surface area contributed by atoms with Crippen molar-refractivity contribution in [3.63, 3.8) is 0 Å². The minimum atomic E-state index is -0.252. The lowest BCUT2D eigenvalue weighted by atomic mass is 10.0. The minimum Gasteiger partial charge on any atom is -0.462 e. The Morgan fingerprint density at radius 2 is 0.857 bits per heavy atom. The van der Waals surface area contributed by atoms with Crippen LogP contribution in [0.3, 0.4) is 0 Å². The van der Waals surface area contributed by atoms with E-state index < -0.39 is 0 Å². The van der Waals surface area contributed by atoms with Gasteiger partial charge < -0.3 is 4.74 Å². The first-order chi connectivity index (χ1) is 27.4. The van der Waals surface area contributed by atoms with Crippen LogP contribution in [0.4, 0.5) is 0 Å². The van der Waals surface area contributed by atoms with E-state index in [9.17, 15) is 4.79 Å². The Labute approximate surface area is 369 Å². The lowest BCUT2D eigenvalue weighted by Crippen LogP contribution is -2.03. The SMILES string of the molecule is CCCCCCc1cc(-c2sc(-c3sc(-c4sc(-c5ccc(C(=O)OCC)cc5)cc4CCCCCC)cc3CCCCCC)cc2CCCCCC)sc1I. The highest BCUT2D eigenvalue weighted by Crippen LogP contribution is 2.50. The molecule has 0 N–H and O–H groups in total. The van der Waals surface area contributed by atoms with Crippen molar-refractivity contribution in [2.45, 2.75) is 163 Å². The number of aryl methyl sites for hydroxylation is 4. The van der Waals surface area contributed by atoms with Gasteiger partial charge in [-0.05, 0) is 145 Å². The molecule has 0 radical (unpaired) electrons. The number of rotatable bonds is 26. The quantitative estimate of drug-likeness (QED) is 0.0314. The number of carbonyl (C=O) groups excluding carboxylic acids is 1. The van der Waals surface area contributed by atoms with E-state index in [1.165, 1.54) is 169 Å². The Morgan fingerprint density at radius 3 is 1.29 bits per heavy atom. The molecule has 0 spiro atoms. The fourth-order valence-electron chi connectivity index (χ4n) is 7.48. The van der Waals surface area contributed by atoms with Crippen molar-refractivity contribution in [2.75, 3.05) is 6.61 Å². The van der Waals surface area contributed by atoms with Gasteiger partial charge in [0.2, 0.25) is 0 Å². The molecule has 0 saturated carbocycles. The maximum atomic E-state index is 12.4. The zero-order valence-electron chi connectivity index (χ0n) is 34.8. The molecule has 0 aliphatic heterocycles. The molecule has 0 amide bonds. The molecule has 4 heterocycles. The monoisotopic (exact) mass is 940 g/mol. The van der Waals surface area contributed by atoms with Crippen LogP contribution in [0.5, 0.6) is 0 Å². The maximum Gasteiger partial charge on any atom is 0.338 e. The normalized spacial score (nSPS) is 11.5. The van der Waals surface area contributed by atoms with Crippen molar-refractivity contribution in [3.8, 4) is 39.7 Å². The highest BCUT2D eigenvalue weighted by Gasteiger charge is 2.22. The summed E-state index contributed by atoms with van der Waals surface area (Å²) in [5, 5.41) is 0. The number of halogens is 1. The molecule has 5 aromatic rings. The van der Waals surface area contributed by atoms with Crippen LogP contribution in [-0.4, -0.2) is 12.6 Å². The van der Waals surface area contributed by atoms with E-state index in [1.54, 1.807) is 11.1 Å². The van der Waals surface area contributed by atoms with Gasteiger partial charge in [0.1, 0.15) is 0 Å². The second-order valence-corrected chi connectivity index (χ2v) is 21.4. The van der Waals surface area contributed by atoms with Gasteiger partial charge in [-0.3, -0.25) is 0 Å². The number of hydrogen-bond acceptors (Lipinski definition) is 6. The summed E-state index contributed by atoms with van der Waals surface area (Å²) in [5.41, 5.74) is 7.91. The Kier molecular flexibility index (Phi) is 19.7. The predicted octanol–water partition coefficient (Wildman–Crippen LogP) is 17.9. The Hall–Kier alpha value is -1.78. The third-order valence-electron chi connectivity index (χ3n) is 10.7. The number of thiophene rings is 4. The van der Waals surface area contributed by atoms with Gasteiger partial charge in [0.25, 0.3) is 0 Å². The van der Waals surface area contributed by atoms with Crippen LogP contribution in [0.15, 0.2) is 48.5 Å². The second-order valence-electron chi connectivity index (χ2n) is 15.3. The number of benzene rings is 1. The van der Waals surface area contributed by atoms with Gasteiger partial charge in [0.05, 0.1) is 15.1 Å². The average molecular weight is 941 g/mol. The van der Waals surface area contributed by atoms with Crippen molar-refractivity contribution in [1.29, 1.82) is 0 Å². The molecule has 0 atom stereocenters. The van der Waals surface area contributed by atoms with Crippen molar-refractivity contribution in [2.24, 2.45) is 0 Å². The second kappa shape index (κ2) is 24.3. The van der Waals surface area contributed by atoms with Crippen molar-refractivity contribution in [3.05, 3.63) is 79.2 Å². The van der Waals surface area contributed by atoms with E-state index in [4.69, 9.17) is 4.74 Å². The number of ether oxygens (including phenoxy) is 1. The number of carbonyl (C=O) groups is 1. The van der Waals surface area contributed by atoms with E-state index in [2.05, 4.69) is 98.0 Å². The zero-order chi connectivity index (χ0) is 39.7. The molecule has 4 aromatic heterocycles. The Morgan fingerprint density at radius 1 is 0.482 bits per heavy atom. The Bertz CT molecular complexity index is 1910. The van der Waals surface area contributed by atoms with Crippen molar-refractivity contribution < 1.29 is 9.53 Å². The molecule has 2 nitrogen and oxygen atoms in total. The summed E-state index contributed by atoms with van der Waals surface area (Å²) >= 11 is 10.7. The summed E-state index contributed by atoms with van der Waals surface area (Å²) in [4.78, 5) is 22.5. The molecular weight excluding hydrogens is 876 g/mol. The van der Waals surface area contributed by atoms with Crippen LogP contribution in [0.2, 0.25) is 0 Å². The first-order valence-electron chi connectivity index (χ1n) is 21.8. The summed E-state index contributed by atoms with van der Waals surface area (Å²) in [7, 11) is 0. The molecule has 0 bridgehead atoms. The molecule has 0 unspecified atom stereocenters. The molecule has 0 fully saturated rings. The third-order valence-corrected chi connectivity index (χ3v) is 17.2. The van der Waals surface area contributed by atoms with Gasteiger partial charge in [-0.1, -0.05) is 117 Å². The van der Waals surface area contributed by atoms with E-state index in [0.717, 1.165) is 12.8 Å². The molecule has 5 rings (SSSR count). The van der Waals surface area contributed by atoms with Crippen LogP contribution in [0, 0.1) is 2.88 Å². The first-order valence-corrected chi connectivity index (χ1v) is 26.2. The predicted molar refractivity (Wildman–Crippen MR) is 260 cm³/mol. The summed E-state index contributed by atoms with van der Waals surface area (Å²) in [5.74, 6) is -0.252. The van der Waals surface area contributed by atoms with Gasteiger partial charge in [-0.25, -0.2) is 4.79 Å². The average Bonchev–Trinajstić information content (AvgIpc) is 4.01. The van der Waals surface area contributed by atoms with Crippen LogP contribution in [0.25, 0.3) is 39.7 Å². The smallest absolute Gasteiger partial charge is 0.338 e. The van der Waals surface area contributed by atoms with Crippen LogP contribution < -0.4 is 0 Å². The number of hydrogen-bond donors (Lipinski definition) is 0. The van der Waals surface area contributed by atoms with Gasteiger partial charge in [-0.2, -0.15) is 0 Å². The molecule has 304 valence electrons. The van der Waals surface area contributed by atoms with Gasteiger partial charge in [0, 0.05) is 34.1 Å². The zero-order valence-corrected chi connectivity index (χ0v) is 40.2. The van der Waals surface area contributed by atoms with Crippen LogP contribution in [-0.2, 0) is 30.4 Å². The van der Waals surface area contributed by atoms with Crippen molar-refractivity contribution in [1.82, 2.24) is 0 Å². The lowest BCUT2D eigenvalue weighted by Gasteiger charge is -2.02. The molecule has 0 aliphatic carbocycles. The minimum absolute atomic E-state index is 0.252. The fraction of sp³-hybridized carbons (Fsp3) is 0.531. The van der Waals surface area contributed by atoms with Gasteiger partial charge in [-0.15, -0.1) is 45.3 Å². The van der Waals surface area contributed by atoms with Gasteiger partial charge >= 0.3 is 5.97 Å². The topological polar surface area (TPSA) is 26.3 Å². The molecule has 0 saturated heterocycles. The third kappa shape index (κ3) is 12.9. The van der Waals surface area contributed by atoms with E-state index in [-0.39, 0.29) is 5.97 Å². The molecule has 56 heavy (non-hydrogen) atoms. The molecule has 7 heteroatoms. The van der Waals surface area contributed by atoms with E-state index in [1.807, 2.05) is 53.1 Å². The lowest BCUT2D eigenvalue weighted by molar-refractivity contribution is 0.0526. The summed E-state index contributed by atoms with van der Waals surface area (Å²) in [6.07, 6.45) is 25.2. The maximum absolute atomic E-state index is 12.4. The van der Waals surface area contributed by atoms with E-state index >= 15 is 0 Å². The Balaban J connectivity index is 1.54. The molecule has 1 aromatic carbocycles. The number of esters is 1. The highest BCUT2D eigenvalue weighted by molar-refractivity contribution is 14.1. The van der Waals surface area contributed by atoms with Crippen LogP contribution >= 0.6 is 67.9 Å². The van der Waals surface area contributed by atoms with E-state index in [0.29, 0.717) is 12.2 Å². The van der Waals surface area contributed by atoms with Crippen molar-refractivity contribution >= 4 is 73.9 Å². The summed E-state index contributed by atoms with van der Waals surface area (Å²) in [6.45, 7) is 11.5. The first kappa shape index (κ1) is 45.3. The molecule has 0 aliphatic rings. The number of unbranched alkanes of at least 4 members (excludes halogenated alkanes) is 12. The van der Waals surface area contributed by atoms with Gasteiger partial charge in [0.15, 0.2) is 0 Å². The largest absolute Gasteiger partial charge is 0.462 e. The standard InChI is InChI=1S/C49H65IO2S4/c1-6-11-15-19-23-37-31-41(35-27-29-36(30-28-35)49(51)52-10-5)53-45(37)42-32-38(24-20-16-12-7-2)46(54-42)43-33-39(25-21-17-13-8-3)47(55-43)44-34-40(48(50)56-44)26-22-18-14-9-4/h27-34H,6-26H2,1-5H3. The fourth-order valence-corrected chi connectivity index (χ4v) is 13.6. The highest BCUT2D eigenvalue weighted by atomic mass is 127.